The fourth-order valence-corrected chi connectivity index (χ4v) is 5.24. The zero-order valence-corrected chi connectivity index (χ0v) is 21.0. The van der Waals surface area contributed by atoms with Crippen LogP contribution in [0.2, 0.25) is 0 Å². The van der Waals surface area contributed by atoms with Crippen LogP contribution in [0.4, 0.5) is 4.39 Å². The minimum atomic E-state index is -0.205. The summed E-state index contributed by atoms with van der Waals surface area (Å²) in [5, 5.41) is 0. The van der Waals surface area contributed by atoms with E-state index in [4.69, 9.17) is 0 Å². The summed E-state index contributed by atoms with van der Waals surface area (Å²) >= 11 is 0. The Kier molecular flexibility index (Phi) is 8.81. The van der Waals surface area contributed by atoms with Gasteiger partial charge in [0.1, 0.15) is 5.82 Å². The first-order valence-corrected chi connectivity index (χ1v) is 13.1. The van der Waals surface area contributed by atoms with E-state index in [1.807, 2.05) is 36.4 Å². The summed E-state index contributed by atoms with van der Waals surface area (Å²) in [6.07, 6.45) is 10.8. The van der Waals surface area contributed by atoms with Crippen molar-refractivity contribution in [2.24, 2.45) is 5.92 Å². The molecule has 0 aromatic heterocycles. The molecule has 0 nitrogen and oxygen atoms in total. The van der Waals surface area contributed by atoms with Gasteiger partial charge in [0.05, 0.1) is 0 Å². The van der Waals surface area contributed by atoms with Crippen molar-refractivity contribution >= 4 is 0 Å². The number of unbranched alkanes of at least 4 members (excludes halogenated alkanes) is 2. The normalized spacial score (nSPS) is 17.1. The molecule has 3 aromatic carbocycles. The van der Waals surface area contributed by atoms with E-state index in [0.29, 0.717) is 11.5 Å². The third kappa shape index (κ3) is 6.65. The average molecular weight is 463 g/mol. The zero-order chi connectivity index (χ0) is 24.5. The Morgan fingerprint density at radius 1 is 0.771 bits per heavy atom. The molecule has 1 aliphatic rings. The summed E-state index contributed by atoms with van der Waals surface area (Å²) in [7, 11) is 0. The Balaban J connectivity index is 1.40. The molecule has 0 spiro atoms. The maximum Gasteiger partial charge on any atom is 0.131 e. The Labute approximate surface area is 211 Å². The standard InChI is InChI=1S/C34H35F/c1-3-5-7-9-26-11-15-28(16-12-26)29-19-21-30(22-20-29)32-23-24-33(34(35)25-32)31-17-13-27(14-18-31)10-8-6-4-2/h13-14,17-26,28H,3,5,7,9,11-12,15-16H2,1-2H3. The molecule has 4 rings (SSSR count). The molecule has 0 unspecified atom stereocenters. The first-order valence-electron chi connectivity index (χ1n) is 13.1. The molecular formula is C34H35F. The molecule has 1 saturated carbocycles. The van der Waals surface area contributed by atoms with E-state index >= 15 is 4.39 Å². The summed E-state index contributed by atoms with van der Waals surface area (Å²) in [4.78, 5) is 0. The van der Waals surface area contributed by atoms with Crippen LogP contribution in [0, 0.1) is 35.4 Å². The van der Waals surface area contributed by atoms with Crippen LogP contribution in [0.15, 0.2) is 66.7 Å². The van der Waals surface area contributed by atoms with E-state index in [2.05, 4.69) is 54.9 Å². The topological polar surface area (TPSA) is 0 Å². The second-order valence-corrected chi connectivity index (χ2v) is 9.73. The predicted octanol–water partition coefficient (Wildman–Crippen LogP) is 9.39. The minimum Gasteiger partial charge on any atom is -0.206 e. The lowest BCUT2D eigenvalue weighted by Gasteiger charge is -2.29. The number of rotatable bonds is 7. The maximum absolute atomic E-state index is 15.0. The molecule has 1 aliphatic carbocycles. The van der Waals surface area contributed by atoms with E-state index in [9.17, 15) is 0 Å². The summed E-state index contributed by atoms with van der Waals surface area (Å²) in [5.41, 5.74) is 5.74. The average Bonchev–Trinajstić information content (AvgIpc) is 2.90. The molecule has 0 bridgehead atoms. The number of hydrogen-bond acceptors (Lipinski definition) is 0. The van der Waals surface area contributed by atoms with Gasteiger partial charge in [-0.1, -0.05) is 93.0 Å². The fourth-order valence-electron chi connectivity index (χ4n) is 5.24. The third-order valence-electron chi connectivity index (χ3n) is 7.34. The highest BCUT2D eigenvalue weighted by Crippen LogP contribution is 2.38. The molecule has 0 heterocycles. The van der Waals surface area contributed by atoms with Gasteiger partial charge in [0.15, 0.2) is 0 Å². The SMILES string of the molecule is CC#CC#Cc1ccc(-c2ccc(-c3ccc(C4CCC(CCCCC)CC4)cc3)cc2F)cc1. The highest BCUT2D eigenvalue weighted by Gasteiger charge is 2.22. The van der Waals surface area contributed by atoms with Crippen LogP contribution < -0.4 is 0 Å². The van der Waals surface area contributed by atoms with Gasteiger partial charge in [0.25, 0.3) is 0 Å². The molecule has 178 valence electrons. The van der Waals surface area contributed by atoms with Crippen molar-refractivity contribution in [1.29, 1.82) is 0 Å². The first-order chi connectivity index (χ1) is 17.2. The second kappa shape index (κ2) is 12.4. The van der Waals surface area contributed by atoms with Crippen LogP contribution in [0.5, 0.6) is 0 Å². The molecule has 1 heteroatoms. The molecule has 0 saturated heterocycles. The Morgan fingerprint density at radius 2 is 1.46 bits per heavy atom. The van der Waals surface area contributed by atoms with Crippen molar-refractivity contribution < 1.29 is 4.39 Å². The van der Waals surface area contributed by atoms with Crippen LogP contribution in [0.25, 0.3) is 22.3 Å². The largest absolute Gasteiger partial charge is 0.206 e. The van der Waals surface area contributed by atoms with Gasteiger partial charge in [-0.15, -0.1) is 0 Å². The van der Waals surface area contributed by atoms with E-state index < -0.39 is 0 Å². The van der Waals surface area contributed by atoms with Gasteiger partial charge in [-0.25, -0.2) is 4.39 Å². The minimum absolute atomic E-state index is 0.205. The van der Waals surface area contributed by atoms with Crippen LogP contribution in [-0.4, -0.2) is 0 Å². The molecule has 0 aliphatic heterocycles. The van der Waals surface area contributed by atoms with Crippen molar-refractivity contribution in [3.05, 3.63) is 83.7 Å². The quantitative estimate of drug-likeness (QED) is 0.242. The lowest BCUT2D eigenvalue weighted by Crippen LogP contribution is -2.13. The summed E-state index contributed by atoms with van der Waals surface area (Å²) in [6, 6.07) is 22.0. The van der Waals surface area contributed by atoms with Gasteiger partial charge >= 0.3 is 0 Å². The third-order valence-corrected chi connectivity index (χ3v) is 7.34. The Morgan fingerprint density at radius 3 is 2.11 bits per heavy atom. The molecular weight excluding hydrogens is 427 g/mol. The molecule has 1 fully saturated rings. The Bertz CT molecular complexity index is 1220. The van der Waals surface area contributed by atoms with Crippen LogP contribution >= 0.6 is 0 Å². The Hall–Kier alpha value is -3.29. The number of benzene rings is 3. The van der Waals surface area contributed by atoms with Gasteiger partial charge < -0.3 is 0 Å². The lowest BCUT2D eigenvalue weighted by molar-refractivity contribution is 0.303. The van der Waals surface area contributed by atoms with E-state index in [-0.39, 0.29) is 5.82 Å². The maximum atomic E-state index is 15.0. The first kappa shape index (κ1) is 24.8. The molecule has 0 atom stereocenters. The molecule has 0 amide bonds. The van der Waals surface area contributed by atoms with Gasteiger partial charge in [0, 0.05) is 11.1 Å². The van der Waals surface area contributed by atoms with Gasteiger partial charge in [0.2, 0.25) is 0 Å². The van der Waals surface area contributed by atoms with Crippen molar-refractivity contribution in [3.8, 4) is 45.9 Å². The van der Waals surface area contributed by atoms with Gasteiger partial charge in [-0.3, -0.25) is 0 Å². The van der Waals surface area contributed by atoms with E-state index in [1.165, 1.54) is 56.9 Å². The van der Waals surface area contributed by atoms with E-state index in [0.717, 1.165) is 28.2 Å². The summed E-state index contributed by atoms with van der Waals surface area (Å²) in [5.74, 6) is 12.7. The molecule has 0 N–H and O–H groups in total. The summed E-state index contributed by atoms with van der Waals surface area (Å²) in [6.45, 7) is 4.04. The highest BCUT2D eigenvalue weighted by molar-refractivity contribution is 5.71. The van der Waals surface area contributed by atoms with E-state index in [1.54, 1.807) is 13.0 Å². The van der Waals surface area contributed by atoms with Crippen LogP contribution in [-0.2, 0) is 0 Å². The van der Waals surface area contributed by atoms with Crippen molar-refractivity contribution in [2.75, 3.05) is 0 Å². The second-order valence-electron chi connectivity index (χ2n) is 9.73. The van der Waals surface area contributed by atoms with Crippen molar-refractivity contribution in [1.82, 2.24) is 0 Å². The van der Waals surface area contributed by atoms with Crippen molar-refractivity contribution in [2.45, 2.75) is 71.1 Å². The predicted molar refractivity (Wildman–Crippen MR) is 146 cm³/mol. The monoisotopic (exact) mass is 462 g/mol. The molecule has 35 heavy (non-hydrogen) atoms. The zero-order valence-electron chi connectivity index (χ0n) is 21.0. The van der Waals surface area contributed by atoms with Crippen molar-refractivity contribution in [3.63, 3.8) is 0 Å². The smallest absolute Gasteiger partial charge is 0.131 e. The molecule has 0 radical (unpaired) electrons. The number of hydrogen-bond donors (Lipinski definition) is 0. The highest BCUT2D eigenvalue weighted by atomic mass is 19.1. The molecule has 3 aromatic rings. The van der Waals surface area contributed by atoms with Gasteiger partial charge in [-0.2, -0.15) is 0 Å². The summed E-state index contributed by atoms with van der Waals surface area (Å²) < 4.78 is 15.0. The van der Waals surface area contributed by atoms with Gasteiger partial charge in [-0.05, 0) is 96.7 Å². The number of halogens is 1. The lowest BCUT2D eigenvalue weighted by atomic mass is 9.77. The van der Waals surface area contributed by atoms with Crippen LogP contribution in [0.3, 0.4) is 0 Å². The fraction of sp³-hybridized carbons (Fsp3) is 0.353. The van der Waals surface area contributed by atoms with Crippen LogP contribution in [0.1, 0.15) is 82.3 Å².